The van der Waals surface area contributed by atoms with Crippen LogP contribution in [0.4, 0.5) is 0 Å². The monoisotopic (exact) mass is 388 g/mol. The molecule has 0 spiro atoms. The van der Waals surface area contributed by atoms with Gasteiger partial charge in [0.1, 0.15) is 5.69 Å². The van der Waals surface area contributed by atoms with Crippen LogP contribution in [-0.4, -0.2) is 26.9 Å². The summed E-state index contributed by atoms with van der Waals surface area (Å²) < 4.78 is 1.83. The number of rotatable bonds is 5. The second kappa shape index (κ2) is 9.50. The molecule has 5 nitrogen and oxygen atoms in total. The number of nitrogens with zero attached hydrogens (tertiary/aromatic N) is 3. The van der Waals surface area contributed by atoms with Crippen molar-refractivity contribution in [3.05, 3.63) is 66.4 Å². The van der Waals surface area contributed by atoms with E-state index in [9.17, 15) is 4.79 Å². The second-order valence-electron chi connectivity index (χ2n) is 7.78. The molecule has 1 amide bonds. The number of hydrogen-bond acceptors (Lipinski definition) is 3. The Morgan fingerprint density at radius 1 is 0.897 bits per heavy atom. The van der Waals surface area contributed by atoms with Crippen LogP contribution >= 0.6 is 0 Å². The highest BCUT2D eigenvalue weighted by Crippen LogP contribution is 2.25. The molecule has 0 radical (unpaired) electrons. The first-order valence-electron chi connectivity index (χ1n) is 10.7. The van der Waals surface area contributed by atoms with Gasteiger partial charge in [-0.3, -0.25) is 4.79 Å². The number of benzene rings is 2. The van der Waals surface area contributed by atoms with Crippen LogP contribution in [-0.2, 0) is 11.2 Å². The van der Waals surface area contributed by atoms with E-state index < -0.39 is 0 Å². The van der Waals surface area contributed by atoms with E-state index in [4.69, 9.17) is 0 Å². The molecule has 1 heterocycles. The molecule has 1 fully saturated rings. The normalized spacial score (nSPS) is 15.4. The number of amides is 1. The van der Waals surface area contributed by atoms with E-state index in [0.29, 0.717) is 5.69 Å². The minimum absolute atomic E-state index is 0.0351. The lowest BCUT2D eigenvalue weighted by Crippen LogP contribution is -2.36. The highest BCUT2D eigenvalue weighted by atomic mass is 16.1. The van der Waals surface area contributed by atoms with Crippen molar-refractivity contribution >= 4 is 5.91 Å². The summed E-state index contributed by atoms with van der Waals surface area (Å²) in [6.07, 6.45) is 8.67. The molecule has 1 saturated carbocycles. The van der Waals surface area contributed by atoms with E-state index in [0.717, 1.165) is 29.8 Å². The maximum absolute atomic E-state index is 12.8. The van der Waals surface area contributed by atoms with Gasteiger partial charge in [0.05, 0.1) is 17.8 Å². The van der Waals surface area contributed by atoms with Gasteiger partial charge in [-0.05, 0) is 25.0 Å². The lowest BCUT2D eigenvalue weighted by molar-refractivity contribution is -0.121. The van der Waals surface area contributed by atoms with Crippen LogP contribution in [0.2, 0.25) is 0 Å². The highest BCUT2D eigenvalue weighted by Gasteiger charge is 2.20. The minimum atomic E-state index is 0.0351. The Labute approximate surface area is 172 Å². The predicted molar refractivity (Wildman–Crippen MR) is 115 cm³/mol. The van der Waals surface area contributed by atoms with Crippen LogP contribution in [0.1, 0.15) is 50.6 Å². The number of para-hydroxylation sites is 1. The summed E-state index contributed by atoms with van der Waals surface area (Å²) in [4.78, 5) is 12.8. The molecule has 2 aromatic carbocycles. The van der Waals surface area contributed by atoms with Gasteiger partial charge in [-0.2, -0.15) is 0 Å². The van der Waals surface area contributed by atoms with Gasteiger partial charge in [0.25, 0.3) is 0 Å². The van der Waals surface area contributed by atoms with Gasteiger partial charge in [0.2, 0.25) is 5.91 Å². The maximum Gasteiger partial charge on any atom is 0.226 e. The molecular weight excluding hydrogens is 360 g/mol. The van der Waals surface area contributed by atoms with Crippen molar-refractivity contribution in [1.82, 2.24) is 20.3 Å². The summed E-state index contributed by atoms with van der Waals surface area (Å²) in [5.41, 5.74) is 3.54. The lowest BCUT2D eigenvalue weighted by atomic mass is 9.96. The molecular formula is C24H28N4O. The van der Waals surface area contributed by atoms with Crippen LogP contribution in [0, 0.1) is 0 Å². The molecule has 1 N–H and O–H groups in total. The molecule has 0 bridgehead atoms. The third-order valence-corrected chi connectivity index (χ3v) is 5.59. The van der Waals surface area contributed by atoms with E-state index in [1.165, 1.54) is 32.1 Å². The van der Waals surface area contributed by atoms with E-state index in [2.05, 4.69) is 15.6 Å². The minimum Gasteiger partial charge on any atom is -0.353 e. The molecule has 5 heteroatoms. The first-order chi connectivity index (χ1) is 14.3. The summed E-state index contributed by atoms with van der Waals surface area (Å²) in [6.45, 7) is 0. The van der Waals surface area contributed by atoms with Crippen molar-refractivity contribution in [3.63, 3.8) is 0 Å². The zero-order chi connectivity index (χ0) is 19.9. The largest absolute Gasteiger partial charge is 0.353 e. The summed E-state index contributed by atoms with van der Waals surface area (Å²) in [5, 5.41) is 12.0. The number of nitrogens with one attached hydrogen (secondary N) is 1. The molecule has 1 aromatic heterocycles. The smallest absolute Gasteiger partial charge is 0.226 e. The van der Waals surface area contributed by atoms with Gasteiger partial charge >= 0.3 is 0 Å². The standard InChI is InChI=1S/C24H28N4O/c29-23(25-20-14-8-2-1-3-9-15-20)18-22-24(19-12-6-4-7-13-19)28(27-26-22)21-16-10-5-11-17-21/h4-7,10-13,16-17,20H,1-3,8-9,14-15,18H2,(H,25,29). The van der Waals surface area contributed by atoms with Crippen LogP contribution in [0.15, 0.2) is 60.7 Å². The van der Waals surface area contributed by atoms with E-state index in [-0.39, 0.29) is 18.4 Å². The molecule has 0 atom stereocenters. The Morgan fingerprint density at radius 2 is 1.52 bits per heavy atom. The fourth-order valence-corrected chi connectivity index (χ4v) is 4.10. The first-order valence-corrected chi connectivity index (χ1v) is 10.7. The molecule has 0 saturated heterocycles. The Hall–Kier alpha value is -2.95. The second-order valence-corrected chi connectivity index (χ2v) is 7.78. The molecule has 1 aliphatic carbocycles. The van der Waals surface area contributed by atoms with Gasteiger partial charge < -0.3 is 5.32 Å². The third-order valence-electron chi connectivity index (χ3n) is 5.59. The Morgan fingerprint density at radius 3 is 2.21 bits per heavy atom. The lowest BCUT2D eigenvalue weighted by Gasteiger charge is -2.21. The van der Waals surface area contributed by atoms with Gasteiger partial charge in [-0.1, -0.05) is 85.8 Å². The summed E-state index contributed by atoms with van der Waals surface area (Å²) >= 11 is 0. The summed E-state index contributed by atoms with van der Waals surface area (Å²) in [6, 6.07) is 20.3. The average Bonchev–Trinajstić information content (AvgIpc) is 3.14. The van der Waals surface area contributed by atoms with Crippen molar-refractivity contribution in [3.8, 4) is 16.9 Å². The molecule has 0 aliphatic heterocycles. The zero-order valence-electron chi connectivity index (χ0n) is 16.8. The summed E-state index contributed by atoms with van der Waals surface area (Å²) in [5.74, 6) is 0.0351. The fraction of sp³-hybridized carbons (Fsp3) is 0.375. The van der Waals surface area contributed by atoms with E-state index >= 15 is 0 Å². The Kier molecular flexibility index (Phi) is 6.35. The molecule has 3 aromatic rings. The van der Waals surface area contributed by atoms with Crippen molar-refractivity contribution in [1.29, 1.82) is 0 Å². The van der Waals surface area contributed by atoms with Crippen molar-refractivity contribution in [2.24, 2.45) is 0 Å². The predicted octanol–water partition coefficient (Wildman–Crippen LogP) is 4.71. The van der Waals surface area contributed by atoms with Crippen molar-refractivity contribution in [2.75, 3.05) is 0 Å². The average molecular weight is 389 g/mol. The molecule has 150 valence electrons. The number of carbonyl (C=O) groups is 1. The maximum atomic E-state index is 12.8. The molecule has 29 heavy (non-hydrogen) atoms. The van der Waals surface area contributed by atoms with E-state index in [1.54, 1.807) is 0 Å². The Balaban J connectivity index is 1.57. The molecule has 4 rings (SSSR count). The number of hydrogen-bond donors (Lipinski definition) is 1. The Bertz CT molecular complexity index is 913. The van der Waals surface area contributed by atoms with Crippen LogP contribution < -0.4 is 5.32 Å². The third kappa shape index (κ3) is 4.91. The molecule has 0 unspecified atom stereocenters. The van der Waals surface area contributed by atoms with Gasteiger partial charge in [-0.15, -0.1) is 5.10 Å². The summed E-state index contributed by atoms with van der Waals surface area (Å²) in [7, 11) is 0. The molecule has 1 aliphatic rings. The van der Waals surface area contributed by atoms with Crippen LogP contribution in [0.3, 0.4) is 0 Å². The van der Waals surface area contributed by atoms with Crippen molar-refractivity contribution in [2.45, 2.75) is 57.4 Å². The van der Waals surface area contributed by atoms with Gasteiger partial charge in [0, 0.05) is 11.6 Å². The van der Waals surface area contributed by atoms with Crippen molar-refractivity contribution < 1.29 is 4.79 Å². The van der Waals surface area contributed by atoms with Crippen LogP contribution in [0.5, 0.6) is 0 Å². The van der Waals surface area contributed by atoms with Gasteiger partial charge in [-0.25, -0.2) is 4.68 Å². The van der Waals surface area contributed by atoms with Crippen LogP contribution in [0.25, 0.3) is 16.9 Å². The SMILES string of the molecule is O=C(Cc1nnn(-c2ccccc2)c1-c1ccccc1)NC1CCCCCCC1. The fourth-order valence-electron chi connectivity index (χ4n) is 4.10. The number of aromatic nitrogens is 3. The highest BCUT2D eigenvalue weighted by molar-refractivity contribution is 5.81. The quantitative estimate of drug-likeness (QED) is 0.689. The number of carbonyl (C=O) groups excluding carboxylic acids is 1. The first kappa shape index (κ1) is 19.4. The zero-order valence-corrected chi connectivity index (χ0v) is 16.8. The van der Waals surface area contributed by atoms with Gasteiger partial charge in [0.15, 0.2) is 0 Å². The van der Waals surface area contributed by atoms with E-state index in [1.807, 2.05) is 65.3 Å². The topological polar surface area (TPSA) is 59.8 Å².